The molecule has 2 aliphatic rings. The van der Waals surface area contributed by atoms with Crippen molar-refractivity contribution in [2.75, 3.05) is 26.2 Å². The molecule has 2 aromatic carbocycles. The summed E-state index contributed by atoms with van der Waals surface area (Å²) in [5, 5.41) is 0. The van der Waals surface area contributed by atoms with Gasteiger partial charge in [-0.2, -0.15) is 13.1 Å². The molecule has 2 fully saturated rings. The van der Waals surface area contributed by atoms with Gasteiger partial charge in [-0.05, 0) is 30.5 Å². The molecule has 9 nitrogen and oxygen atoms in total. The van der Waals surface area contributed by atoms with Crippen LogP contribution in [-0.2, 0) is 26.2 Å². The molecule has 0 spiro atoms. The van der Waals surface area contributed by atoms with Crippen molar-refractivity contribution < 1.29 is 18.0 Å². The number of piperazine rings is 1. The van der Waals surface area contributed by atoms with E-state index in [0.29, 0.717) is 43.5 Å². The van der Waals surface area contributed by atoms with Gasteiger partial charge in [0.2, 0.25) is 10.0 Å². The van der Waals surface area contributed by atoms with Crippen LogP contribution < -0.4 is 0 Å². The molecule has 2 saturated heterocycles. The van der Waals surface area contributed by atoms with Crippen molar-refractivity contribution in [3.05, 3.63) is 54.1 Å². The molecule has 33 heavy (non-hydrogen) atoms. The van der Waals surface area contributed by atoms with Crippen LogP contribution in [0.4, 0.5) is 0 Å². The molecule has 0 unspecified atom stereocenters. The van der Waals surface area contributed by atoms with Crippen molar-refractivity contribution in [2.24, 2.45) is 0 Å². The molecule has 3 heterocycles. The summed E-state index contributed by atoms with van der Waals surface area (Å²) in [6.07, 6.45) is 0.977. The van der Waals surface area contributed by atoms with Gasteiger partial charge in [0.1, 0.15) is 15.9 Å². The molecule has 0 saturated carbocycles. The number of benzene rings is 2. The largest absolute Gasteiger partial charge is 0.330 e. The lowest BCUT2D eigenvalue weighted by molar-refractivity contribution is -0.158. The number of amides is 2. The van der Waals surface area contributed by atoms with Crippen LogP contribution >= 0.6 is 11.7 Å². The molecule has 0 aliphatic carbocycles. The highest BCUT2D eigenvalue weighted by molar-refractivity contribution is 7.89. The van der Waals surface area contributed by atoms with E-state index in [1.165, 1.54) is 4.31 Å². The monoisotopic (exact) mass is 485 g/mol. The van der Waals surface area contributed by atoms with Gasteiger partial charge in [0.15, 0.2) is 0 Å². The van der Waals surface area contributed by atoms with Crippen molar-refractivity contribution in [2.45, 2.75) is 30.3 Å². The number of hydrogen-bond donors (Lipinski definition) is 0. The molecule has 2 aliphatic heterocycles. The van der Waals surface area contributed by atoms with E-state index in [1.54, 1.807) is 28.0 Å². The van der Waals surface area contributed by atoms with Crippen LogP contribution in [0, 0.1) is 0 Å². The summed E-state index contributed by atoms with van der Waals surface area (Å²) in [5.41, 5.74) is 1.93. The normalized spacial score (nSPS) is 18.9. The van der Waals surface area contributed by atoms with Crippen LogP contribution in [0.1, 0.15) is 18.4 Å². The maximum absolute atomic E-state index is 13.2. The zero-order valence-electron chi connectivity index (χ0n) is 17.8. The Labute approximate surface area is 196 Å². The van der Waals surface area contributed by atoms with Crippen LogP contribution in [0.3, 0.4) is 0 Å². The summed E-state index contributed by atoms with van der Waals surface area (Å²) in [5.74, 6) is -1.00. The third-order valence-electron chi connectivity index (χ3n) is 6.29. The number of nitrogens with zero attached hydrogens (tertiary/aromatic N) is 5. The topological polar surface area (TPSA) is 104 Å². The van der Waals surface area contributed by atoms with Crippen molar-refractivity contribution in [3.8, 4) is 0 Å². The fourth-order valence-corrected chi connectivity index (χ4v) is 6.74. The second-order valence-corrected chi connectivity index (χ2v) is 10.7. The minimum atomic E-state index is -3.72. The first-order chi connectivity index (χ1) is 15.9. The van der Waals surface area contributed by atoms with E-state index in [9.17, 15) is 18.0 Å². The smallest absolute Gasteiger partial charge is 0.312 e. The fourth-order valence-electron chi connectivity index (χ4n) is 4.52. The maximum atomic E-state index is 13.2. The SMILES string of the molecule is O=C1C(=O)N(C2CCN(S(=O)(=O)c3cccc4nsnc34)CC2)CCN1Cc1ccccc1. The standard InChI is InChI=1S/C22H23N5O4S2/c28-21-22(29)27(14-13-25(21)15-16-5-2-1-3-6-16)17-9-11-26(12-10-17)33(30,31)19-8-4-7-18-20(19)24-32-23-18/h1-8,17H,9-15H2. The second-order valence-electron chi connectivity index (χ2n) is 8.23. The van der Waals surface area contributed by atoms with Crippen LogP contribution in [0.15, 0.2) is 53.4 Å². The maximum Gasteiger partial charge on any atom is 0.312 e. The third-order valence-corrected chi connectivity index (χ3v) is 8.76. The van der Waals surface area contributed by atoms with Crippen molar-refractivity contribution >= 4 is 44.6 Å². The first kappa shape index (κ1) is 21.9. The number of piperidine rings is 1. The van der Waals surface area contributed by atoms with Crippen LogP contribution in [0.2, 0.25) is 0 Å². The molecule has 0 atom stereocenters. The van der Waals surface area contributed by atoms with Crippen molar-refractivity contribution in [3.63, 3.8) is 0 Å². The number of hydrogen-bond acceptors (Lipinski definition) is 7. The van der Waals surface area contributed by atoms with E-state index in [0.717, 1.165) is 17.3 Å². The number of sulfonamides is 1. The molecule has 172 valence electrons. The Morgan fingerprint density at radius 3 is 2.39 bits per heavy atom. The summed E-state index contributed by atoms with van der Waals surface area (Å²) >= 11 is 0.987. The Morgan fingerprint density at radius 2 is 1.64 bits per heavy atom. The molecule has 0 bridgehead atoms. The lowest BCUT2D eigenvalue weighted by Gasteiger charge is -2.41. The Balaban J connectivity index is 1.24. The van der Waals surface area contributed by atoms with Gasteiger partial charge in [-0.3, -0.25) is 9.59 Å². The summed E-state index contributed by atoms with van der Waals surface area (Å²) in [6.45, 7) is 1.90. The molecule has 1 aromatic heterocycles. The number of fused-ring (bicyclic) bond motifs is 1. The summed E-state index contributed by atoms with van der Waals surface area (Å²) in [7, 11) is -3.72. The van der Waals surface area contributed by atoms with E-state index in [2.05, 4.69) is 8.75 Å². The molecule has 0 radical (unpaired) electrons. The Morgan fingerprint density at radius 1 is 0.879 bits per heavy atom. The van der Waals surface area contributed by atoms with Crippen LogP contribution in [-0.4, -0.2) is 75.3 Å². The van der Waals surface area contributed by atoms with Crippen molar-refractivity contribution in [1.29, 1.82) is 0 Å². The Bertz CT molecular complexity index is 1290. The molecule has 2 amide bonds. The van der Waals surface area contributed by atoms with Gasteiger partial charge >= 0.3 is 11.8 Å². The van der Waals surface area contributed by atoms with Crippen LogP contribution in [0.25, 0.3) is 11.0 Å². The second kappa shape index (κ2) is 8.81. The van der Waals surface area contributed by atoms with E-state index >= 15 is 0 Å². The molecular formula is C22H23N5O4S2. The quantitative estimate of drug-likeness (QED) is 0.510. The average Bonchev–Trinajstić information content (AvgIpc) is 3.32. The van der Waals surface area contributed by atoms with E-state index in [-0.39, 0.29) is 24.0 Å². The van der Waals surface area contributed by atoms with E-state index in [4.69, 9.17) is 0 Å². The number of carbonyl (C=O) groups excluding carboxylic acids is 2. The van der Waals surface area contributed by atoms with E-state index in [1.807, 2.05) is 30.3 Å². The van der Waals surface area contributed by atoms with Gasteiger partial charge < -0.3 is 9.80 Å². The highest BCUT2D eigenvalue weighted by Crippen LogP contribution is 2.28. The number of carbonyl (C=O) groups is 2. The van der Waals surface area contributed by atoms with E-state index < -0.39 is 21.8 Å². The minimum Gasteiger partial charge on any atom is -0.330 e. The highest BCUT2D eigenvalue weighted by atomic mass is 32.2. The van der Waals surface area contributed by atoms with Gasteiger partial charge in [-0.25, -0.2) is 8.42 Å². The average molecular weight is 486 g/mol. The summed E-state index contributed by atoms with van der Waals surface area (Å²) in [4.78, 5) is 28.9. The lowest BCUT2D eigenvalue weighted by atomic mass is 10.0. The minimum absolute atomic E-state index is 0.150. The lowest BCUT2D eigenvalue weighted by Crippen LogP contribution is -2.58. The van der Waals surface area contributed by atoms with Gasteiger partial charge in [0.25, 0.3) is 0 Å². The van der Waals surface area contributed by atoms with Crippen molar-refractivity contribution in [1.82, 2.24) is 22.9 Å². The fraction of sp³-hybridized carbons (Fsp3) is 0.364. The molecule has 11 heteroatoms. The highest BCUT2D eigenvalue weighted by Gasteiger charge is 2.39. The zero-order chi connectivity index (χ0) is 23.0. The molecular weight excluding hydrogens is 462 g/mol. The first-order valence-corrected chi connectivity index (χ1v) is 13.0. The van der Waals surface area contributed by atoms with Gasteiger partial charge in [-0.1, -0.05) is 36.4 Å². The third kappa shape index (κ3) is 4.11. The Hall–Kier alpha value is -2.89. The zero-order valence-corrected chi connectivity index (χ0v) is 19.5. The Kier molecular flexibility index (Phi) is 5.85. The predicted octanol–water partition coefficient (Wildman–Crippen LogP) is 1.72. The predicted molar refractivity (Wildman–Crippen MR) is 123 cm³/mol. The molecule has 0 N–H and O–H groups in total. The van der Waals surface area contributed by atoms with Gasteiger partial charge in [-0.15, -0.1) is 0 Å². The van der Waals surface area contributed by atoms with Gasteiger partial charge in [0, 0.05) is 38.8 Å². The number of aromatic nitrogens is 2. The molecule has 5 rings (SSSR count). The van der Waals surface area contributed by atoms with Crippen LogP contribution in [0.5, 0.6) is 0 Å². The first-order valence-electron chi connectivity index (χ1n) is 10.8. The van der Waals surface area contributed by atoms with Gasteiger partial charge in [0.05, 0.1) is 11.7 Å². The molecule has 3 aromatic rings. The number of rotatable bonds is 5. The summed E-state index contributed by atoms with van der Waals surface area (Å²) < 4.78 is 36.2. The summed E-state index contributed by atoms with van der Waals surface area (Å²) in [6, 6.07) is 14.4.